The summed E-state index contributed by atoms with van der Waals surface area (Å²) in [5, 5.41) is 19.6. The first kappa shape index (κ1) is 21.3. The van der Waals surface area contributed by atoms with Crippen molar-refractivity contribution in [2.24, 2.45) is 0 Å². The average Bonchev–Trinajstić information content (AvgIpc) is 3.31. The second-order valence-corrected chi connectivity index (χ2v) is 7.22. The van der Waals surface area contributed by atoms with Crippen molar-refractivity contribution in [3.05, 3.63) is 95.8 Å². The summed E-state index contributed by atoms with van der Waals surface area (Å²) in [4.78, 5) is 17.2. The number of pyridine rings is 1. The minimum absolute atomic E-state index is 0.243. The van der Waals surface area contributed by atoms with E-state index in [4.69, 9.17) is 0 Å². The third-order valence-corrected chi connectivity index (χ3v) is 4.99. The van der Waals surface area contributed by atoms with Crippen molar-refractivity contribution in [3.63, 3.8) is 0 Å². The fourth-order valence-corrected chi connectivity index (χ4v) is 3.37. The summed E-state index contributed by atoms with van der Waals surface area (Å²) >= 11 is 0. The zero-order chi connectivity index (χ0) is 22.5. The van der Waals surface area contributed by atoms with E-state index < -0.39 is 17.7 Å². The molecule has 162 valence electrons. The maximum absolute atomic E-state index is 13.6. The molecule has 0 aliphatic carbocycles. The van der Waals surface area contributed by atoms with Crippen molar-refractivity contribution in [1.82, 2.24) is 20.5 Å². The zero-order valence-corrected chi connectivity index (χ0v) is 16.9. The van der Waals surface area contributed by atoms with Crippen molar-refractivity contribution >= 4 is 5.91 Å². The molecule has 2 heterocycles. The van der Waals surface area contributed by atoms with Gasteiger partial charge in [0.2, 0.25) is 0 Å². The summed E-state index contributed by atoms with van der Waals surface area (Å²) in [6.45, 7) is -0.243. The van der Waals surface area contributed by atoms with Gasteiger partial charge in [-0.15, -0.1) is 0 Å². The third-order valence-electron chi connectivity index (χ3n) is 4.99. The predicted molar refractivity (Wildman–Crippen MR) is 116 cm³/mol. The normalized spacial score (nSPS) is 11.8. The molecule has 0 aliphatic heterocycles. The van der Waals surface area contributed by atoms with Gasteiger partial charge in [0.15, 0.2) is 11.6 Å². The summed E-state index contributed by atoms with van der Waals surface area (Å²) in [6, 6.07) is 17.1. The van der Waals surface area contributed by atoms with Crippen molar-refractivity contribution in [1.29, 1.82) is 0 Å². The smallest absolute Gasteiger partial charge is 0.252 e. The van der Waals surface area contributed by atoms with Gasteiger partial charge in [0.25, 0.3) is 5.91 Å². The van der Waals surface area contributed by atoms with Crippen LogP contribution in [0.25, 0.3) is 22.5 Å². The Morgan fingerprint density at radius 3 is 2.59 bits per heavy atom. The lowest BCUT2D eigenvalue weighted by molar-refractivity contribution is 0.0917. The number of rotatable bonds is 7. The Bertz CT molecular complexity index is 1230. The molecule has 8 heteroatoms. The van der Waals surface area contributed by atoms with Gasteiger partial charge in [-0.25, -0.2) is 8.78 Å². The number of carbonyl (C=O) groups excluding carboxylic acids is 1. The molecule has 0 saturated carbocycles. The van der Waals surface area contributed by atoms with Crippen LogP contribution in [-0.2, 0) is 6.42 Å². The molecule has 4 aromatic rings. The SMILES string of the molecule is O=C(N[C@H](CO)Cc1ccccn1)c1ccccc1-c1cc(-c2ccc(F)c(F)c2)[nH]n1. The number of aliphatic hydroxyl groups is 1. The van der Waals surface area contributed by atoms with E-state index in [1.165, 1.54) is 6.07 Å². The van der Waals surface area contributed by atoms with Gasteiger partial charge in [-0.05, 0) is 42.5 Å². The Morgan fingerprint density at radius 2 is 1.84 bits per heavy atom. The Hall–Kier alpha value is -3.91. The highest BCUT2D eigenvalue weighted by atomic mass is 19.2. The molecule has 32 heavy (non-hydrogen) atoms. The van der Waals surface area contributed by atoms with Gasteiger partial charge in [-0.2, -0.15) is 5.10 Å². The van der Waals surface area contributed by atoms with Crippen LogP contribution in [0, 0.1) is 11.6 Å². The maximum Gasteiger partial charge on any atom is 0.252 e. The van der Waals surface area contributed by atoms with Gasteiger partial charge >= 0.3 is 0 Å². The number of aromatic amines is 1. The molecule has 0 radical (unpaired) electrons. The molecule has 0 unspecified atom stereocenters. The van der Waals surface area contributed by atoms with E-state index in [1.54, 1.807) is 42.6 Å². The van der Waals surface area contributed by atoms with Crippen LogP contribution >= 0.6 is 0 Å². The summed E-state index contributed by atoms with van der Waals surface area (Å²) in [5.74, 6) is -2.26. The Kier molecular flexibility index (Phi) is 6.32. The Balaban J connectivity index is 1.57. The van der Waals surface area contributed by atoms with Crippen molar-refractivity contribution in [3.8, 4) is 22.5 Å². The van der Waals surface area contributed by atoms with E-state index >= 15 is 0 Å². The van der Waals surface area contributed by atoms with Gasteiger partial charge in [0.05, 0.1) is 24.0 Å². The van der Waals surface area contributed by atoms with Crippen LogP contribution in [0.4, 0.5) is 8.78 Å². The second kappa shape index (κ2) is 9.49. The lowest BCUT2D eigenvalue weighted by Gasteiger charge is -2.17. The number of carbonyl (C=O) groups is 1. The molecular formula is C24H20F2N4O2. The van der Waals surface area contributed by atoms with Gasteiger partial charge in [-0.3, -0.25) is 14.9 Å². The van der Waals surface area contributed by atoms with Crippen LogP contribution in [0.1, 0.15) is 16.1 Å². The minimum atomic E-state index is -0.957. The standard InChI is InChI=1S/C24H20F2N4O2/c25-20-9-8-15(11-21(20)26)22-13-23(30-29-22)18-6-1-2-7-19(18)24(32)28-17(14-31)12-16-5-3-4-10-27-16/h1-11,13,17,31H,12,14H2,(H,28,32)(H,29,30)/t17-/m0/s1. The quantitative estimate of drug-likeness (QED) is 0.413. The van der Waals surface area contributed by atoms with Crippen LogP contribution in [0.15, 0.2) is 72.9 Å². The van der Waals surface area contributed by atoms with Gasteiger partial charge < -0.3 is 10.4 Å². The number of aromatic nitrogens is 3. The molecule has 1 amide bonds. The summed E-state index contributed by atoms with van der Waals surface area (Å²) in [7, 11) is 0. The van der Waals surface area contributed by atoms with Crippen LogP contribution < -0.4 is 5.32 Å². The lowest BCUT2D eigenvalue weighted by Crippen LogP contribution is -2.39. The van der Waals surface area contributed by atoms with E-state index in [0.717, 1.165) is 17.8 Å². The molecule has 0 spiro atoms. The number of amides is 1. The fourth-order valence-electron chi connectivity index (χ4n) is 3.37. The molecule has 3 N–H and O–H groups in total. The molecular weight excluding hydrogens is 414 g/mol. The zero-order valence-electron chi connectivity index (χ0n) is 16.9. The first-order chi connectivity index (χ1) is 15.5. The topological polar surface area (TPSA) is 90.9 Å². The average molecular weight is 434 g/mol. The van der Waals surface area contributed by atoms with E-state index in [9.17, 15) is 18.7 Å². The van der Waals surface area contributed by atoms with E-state index in [2.05, 4.69) is 20.5 Å². The minimum Gasteiger partial charge on any atom is -0.394 e. The monoisotopic (exact) mass is 434 g/mol. The number of hydrogen-bond donors (Lipinski definition) is 3. The first-order valence-corrected chi connectivity index (χ1v) is 9.97. The fraction of sp³-hybridized carbons (Fsp3) is 0.125. The molecule has 2 aromatic heterocycles. The van der Waals surface area contributed by atoms with Crippen LogP contribution in [0.3, 0.4) is 0 Å². The van der Waals surface area contributed by atoms with E-state index in [1.807, 2.05) is 12.1 Å². The highest BCUT2D eigenvalue weighted by Crippen LogP contribution is 2.27. The first-order valence-electron chi connectivity index (χ1n) is 9.97. The van der Waals surface area contributed by atoms with Gasteiger partial charge in [0, 0.05) is 35.0 Å². The highest BCUT2D eigenvalue weighted by molar-refractivity contribution is 6.00. The van der Waals surface area contributed by atoms with E-state index in [-0.39, 0.29) is 12.5 Å². The van der Waals surface area contributed by atoms with E-state index in [0.29, 0.717) is 34.5 Å². The summed E-state index contributed by atoms with van der Waals surface area (Å²) in [6.07, 6.45) is 2.04. The highest BCUT2D eigenvalue weighted by Gasteiger charge is 2.19. The number of nitrogens with zero attached hydrogens (tertiary/aromatic N) is 2. The number of halogens is 2. The second-order valence-electron chi connectivity index (χ2n) is 7.22. The third kappa shape index (κ3) is 4.70. The van der Waals surface area contributed by atoms with Gasteiger partial charge in [0.1, 0.15) is 0 Å². The van der Waals surface area contributed by atoms with Crippen molar-refractivity contribution < 1.29 is 18.7 Å². The van der Waals surface area contributed by atoms with Crippen LogP contribution in [0.5, 0.6) is 0 Å². The number of benzene rings is 2. The molecule has 0 saturated heterocycles. The molecule has 1 atom stereocenters. The number of H-pyrrole nitrogens is 1. The molecule has 0 fully saturated rings. The number of hydrogen-bond acceptors (Lipinski definition) is 4. The summed E-state index contributed by atoms with van der Waals surface area (Å²) in [5.41, 5.74) is 3.07. The molecule has 6 nitrogen and oxygen atoms in total. The maximum atomic E-state index is 13.6. The van der Waals surface area contributed by atoms with Crippen LogP contribution in [-0.4, -0.2) is 38.8 Å². The molecule has 0 aliphatic rings. The molecule has 0 bridgehead atoms. The van der Waals surface area contributed by atoms with Crippen molar-refractivity contribution in [2.75, 3.05) is 6.61 Å². The molecule has 4 rings (SSSR count). The van der Waals surface area contributed by atoms with Crippen LogP contribution in [0.2, 0.25) is 0 Å². The summed E-state index contributed by atoms with van der Waals surface area (Å²) < 4.78 is 26.8. The predicted octanol–water partition coefficient (Wildman–Crippen LogP) is 3.75. The molecule has 2 aromatic carbocycles. The number of aliphatic hydroxyl groups excluding tert-OH is 1. The van der Waals surface area contributed by atoms with Gasteiger partial charge in [-0.1, -0.05) is 24.3 Å². The lowest BCUT2D eigenvalue weighted by atomic mass is 10.0. The largest absolute Gasteiger partial charge is 0.394 e. The van der Waals surface area contributed by atoms with Crippen molar-refractivity contribution in [2.45, 2.75) is 12.5 Å². The number of nitrogens with one attached hydrogen (secondary N) is 2. The Labute approximate surface area is 183 Å². The Morgan fingerprint density at radius 1 is 1.03 bits per heavy atom.